The second kappa shape index (κ2) is 7.17. The van der Waals surface area contributed by atoms with Crippen LogP contribution in [0, 0.1) is 20.8 Å². The molecule has 1 heterocycles. The number of carbonyl (C=O) groups excluding carboxylic acids is 1. The summed E-state index contributed by atoms with van der Waals surface area (Å²) >= 11 is 0. The Morgan fingerprint density at radius 1 is 1.08 bits per heavy atom. The van der Waals surface area contributed by atoms with Crippen molar-refractivity contribution in [1.29, 1.82) is 0 Å². The standard InChI is InChI=1S/C19H21N5O/c1-12-9-13(2)17(14(3)10-12)22-19(25)20-11-16-21-18(24-23-16)15-7-5-4-6-8-15/h4-10H,11H2,1-3H3,(H2,20,22,25)(H,21,23,24). The van der Waals surface area contributed by atoms with E-state index < -0.39 is 0 Å². The largest absolute Gasteiger partial charge is 0.331 e. The van der Waals surface area contributed by atoms with Crippen LogP contribution in [0.5, 0.6) is 0 Å². The fourth-order valence-electron chi connectivity index (χ4n) is 2.79. The summed E-state index contributed by atoms with van der Waals surface area (Å²) in [7, 11) is 0. The number of aromatic nitrogens is 3. The van der Waals surface area contributed by atoms with E-state index in [-0.39, 0.29) is 12.6 Å². The lowest BCUT2D eigenvalue weighted by Gasteiger charge is -2.13. The van der Waals surface area contributed by atoms with Crippen LogP contribution in [-0.2, 0) is 6.54 Å². The molecule has 25 heavy (non-hydrogen) atoms. The maximum Gasteiger partial charge on any atom is 0.319 e. The number of hydrogen-bond donors (Lipinski definition) is 3. The lowest BCUT2D eigenvalue weighted by Crippen LogP contribution is -2.29. The number of aryl methyl sites for hydroxylation is 3. The molecule has 3 aromatic rings. The van der Waals surface area contributed by atoms with Crippen LogP contribution in [0.4, 0.5) is 10.5 Å². The second-order valence-electron chi connectivity index (χ2n) is 6.05. The highest BCUT2D eigenvalue weighted by Crippen LogP contribution is 2.21. The third kappa shape index (κ3) is 4.03. The van der Waals surface area contributed by atoms with Crippen molar-refractivity contribution in [3.8, 4) is 11.4 Å². The Bertz CT molecular complexity index is 863. The first-order valence-corrected chi connectivity index (χ1v) is 8.12. The average Bonchev–Trinajstić information content (AvgIpc) is 3.06. The smallest absolute Gasteiger partial charge is 0.319 e. The van der Waals surface area contributed by atoms with Gasteiger partial charge in [-0.3, -0.25) is 5.10 Å². The number of H-pyrrole nitrogens is 1. The quantitative estimate of drug-likeness (QED) is 0.679. The number of rotatable bonds is 4. The van der Waals surface area contributed by atoms with Crippen molar-refractivity contribution in [1.82, 2.24) is 20.5 Å². The predicted molar refractivity (Wildman–Crippen MR) is 98.3 cm³/mol. The molecule has 0 aliphatic heterocycles. The number of carbonyl (C=O) groups is 1. The van der Waals surface area contributed by atoms with Gasteiger partial charge in [0.2, 0.25) is 0 Å². The molecule has 0 bridgehead atoms. The van der Waals surface area contributed by atoms with Crippen LogP contribution in [0.1, 0.15) is 22.5 Å². The van der Waals surface area contributed by atoms with Crippen LogP contribution < -0.4 is 10.6 Å². The van der Waals surface area contributed by atoms with Gasteiger partial charge in [-0.25, -0.2) is 9.78 Å². The van der Waals surface area contributed by atoms with Gasteiger partial charge in [0, 0.05) is 11.3 Å². The van der Waals surface area contributed by atoms with Gasteiger partial charge in [0.1, 0.15) is 5.82 Å². The van der Waals surface area contributed by atoms with Crippen LogP contribution >= 0.6 is 0 Å². The van der Waals surface area contributed by atoms with Gasteiger partial charge in [0.25, 0.3) is 0 Å². The summed E-state index contributed by atoms with van der Waals surface area (Å²) in [5.74, 6) is 1.22. The Labute approximate surface area is 146 Å². The van der Waals surface area contributed by atoms with Gasteiger partial charge in [-0.2, -0.15) is 5.10 Å². The van der Waals surface area contributed by atoms with E-state index in [0.717, 1.165) is 22.4 Å². The van der Waals surface area contributed by atoms with E-state index in [1.165, 1.54) is 5.56 Å². The molecule has 0 saturated heterocycles. The van der Waals surface area contributed by atoms with Gasteiger partial charge in [-0.05, 0) is 31.9 Å². The van der Waals surface area contributed by atoms with Crippen molar-refractivity contribution in [3.63, 3.8) is 0 Å². The zero-order chi connectivity index (χ0) is 17.8. The van der Waals surface area contributed by atoms with E-state index in [1.807, 2.05) is 63.2 Å². The Morgan fingerprint density at radius 3 is 2.44 bits per heavy atom. The summed E-state index contributed by atoms with van der Waals surface area (Å²) in [6.45, 7) is 6.28. The molecule has 0 fully saturated rings. The molecule has 3 N–H and O–H groups in total. The topological polar surface area (TPSA) is 82.7 Å². The lowest BCUT2D eigenvalue weighted by atomic mass is 10.1. The zero-order valence-corrected chi connectivity index (χ0v) is 14.6. The zero-order valence-electron chi connectivity index (χ0n) is 14.6. The first-order valence-electron chi connectivity index (χ1n) is 8.12. The summed E-state index contributed by atoms with van der Waals surface area (Å²) in [6.07, 6.45) is 0. The summed E-state index contributed by atoms with van der Waals surface area (Å²) in [5, 5.41) is 12.7. The molecule has 0 radical (unpaired) electrons. The van der Waals surface area contributed by atoms with E-state index in [0.29, 0.717) is 11.6 Å². The molecule has 3 rings (SSSR count). The molecular formula is C19H21N5O. The Morgan fingerprint density at radius 2 is 1.76 bits per heavy atom. The predicted octanol–water partition coefficient (Wildman–Crippen LogP) is 3.72. The third-order valence-corrected chi connectivity index (χ3v) is 3.90. The van der Waals surface area contributed by atoms with Gasteiger partial charge < -0.3 is 10.6 Å². The van der Waals surface area contributed by atoms with E-state index in [2.05, 4.69) is 25.8 Å². The van der Waals surface area contributed by atoms with Crippen molar-refractivity contribution in [2.75, 3.05) is 5.32 Å². The molecular weight excluding hydrogens is 314 g/mol. The third-order valence-electron chi connectivity index (χ3n) is 3.90. The summed E-state index contributed by atoms with van der Waals surface area (Å²) in [4.78, 5) is 16.6. The average molecular weight is 335 g/mol. The molecule has 0 aliphatic rings. The number of urea groups is 1. The highest BCUT2D eigenvalue weighted by Gasteiger charge is 2.10. The maximum absolute atomic E-state index is 12.2. The Kier molecular flexibility index (Phi) is 4.79. The maximum atomic E-state index is 12.2. The van der Waals surface area contributed by atoms with Gasteiger partial charge >= 0.3 is 6.03 Å². The lowest BCUT2D eigenvalue weighted by molar-refractivity contribution is 0.251. The highest BCUT2D eigenvalue weighted by atomic mass is 16.2. The molecule has 0 spiro atoms. The van der Waals surface area contributed by atoms with Crippen LogP contribution in [0.25, 0.3) is 11.4 Å². The molecule has 2 amide bonds. The minimum absolute atomic E-state index is 0.271. The first kappa shape index (κ1) is 16.7. The monoisotopic (exact) mass is 335 g/mol. The van der Waals surface area contributed by atoms with E-state index >= 15 is 0 Å². The van der Waals surface area contributed by atoms with Gasteiger partial charge in [0.15, 0.2) is 5.82 Å². The van der Waals surface area contributed by atoms with Crippen LogP contribution in [0.3, 0.4) is 0 Å². The fourth-order valence-corrected chi connectivity index (χ4v) is 2.79. The minimum Gasteiger partial charge on any atom is -0.331 e. The van der Waals surface area contributed by atoms with Crippen molar-refractivity contribution in [2.45, 2.75) is 27.3 Å². The molecule has 0 saturated carbocycles. The van der Waals surface area contributed by atoms with Crippen LogP contribution in [0.15, 0.2) is 42.5 Å². The Hall–Kier alpha value is -3.15. The number of hydrogen-bond acceptors (Lipinski definition) is 3. The number of amides is 2. The molecule has 0 unspecified atom stereocenters. The number of benzene rings is 2. The van der Waals surface area contributed by atoms with Gasteiger partial charge in [-0.15, -0.1) is 0 Å². The minimum atomic E-state index is -0.271. The van der Waals surface area contributed by atoms with Crippen molar-refractivity contribution < 1.29 is 4.79 Å². The SMILES string of the molecule is Cc1cc(C)c(NC(=O)NCc2nc(-c3ccccc3)n[nH]2)c(C)c1. The number of aromatic amines is 1. The van der Waals surface area contributed by atoms with Crippen molar-refractivity contribution >= 4 is 11.7 Å². The summed E-state index contributed by atoms with van der Waals surface area (Å²) in [5.41, 5.74) is 5.03. The number of nitrogens with one attached hydrogen (secondary N) is 3. The van der Waals surface area contributed by atoms with Crippen LogP contribution in [-0.4, -0.2) is 21.2 Å². The van der Waals surface area contributed by atoms with Gasteiger partial charge in [0.05, 0.1) is 6.54 Å². The molecule has 1 aromatic heterocycles. The van der Waals surface area contributed by atoms with E-state index in [1.54, 1.807) is 0 Å². The Balaban J connectivity index is 1.61. The molecule has 0 atom stereocenters. The highest BCUT2D eigenvalue weighted by molar-refractivity contribution is 5.91. The summed E-state index contributed by atoms with van der Waals surface area (Å²) < 4.78 is 0. The number of anilines is 1. The molecule has 2 aromatic carbocycles. The van der Waals surface area contributed by atoms with Crippen LogP contribution in [0.2, 0.25) is 0 Å². The molecule has 6 nitrogen and oxygen atoms in total. The molecule has 128 valence electrons. The molecule has 0 aliphatic carbocycles. The van der Waals surface area contributed by atoms with Gasteiger partial charge in [-0.1, -0.05) is 48.0 Å². The first-order chi connectivity index (χ1) is 12.0. The molecule has 6 heteroatoms. The van der Waals surface area contributed by atoms with Crippen molar-refractivity contribution in [3.05, 3.63) is 65.0 Å². The van der Waals surface area contributed by atoms with E-state index in [9.17, 15) is 4.79 Å². The van der Waals surface area contributed by atoms with Crippen molar-refractivity contribution in [2.24, 2.45) is 0 Å². The summed E-state index contributed by atoms with van der Waals surface area (Å²) in [6, 6.07) is 13.5. The van der Waals surface area contributed by atoms with E-state index in [4.69, 9.17) is 0 Å². The number of nitrogens with zero attached hydrogens (tertiary/aromatic N) is 2. The second-order valence-corrected chi connectivity index (χ2v) is 6.05. The fraction of sp³-hybridized carbons (Fsp3) is 0.211. The normalized spacial score (nSPS) is 10.5.